The molecule has 112 valence electrons. The molecule has 5 nitrogen and oxygen atoms in total. The standard InChI is InChI=1S/C16H21N3O2/c1-12-5-4-6-13(9-12)15-18-14(21-19-15)10-17-16(11-20)7-2-3-8-16/h4-6,9,17,20H,2-3,7-8,10-11H2,1H3. The van der Waals surface area contributed by atoms with Gasteiger partial charge in [0.1, 0.15) is 0 Å². The molecule has 0 aliphatic heterocycles. The van der Waals surface area contributed by atoms with Gasteiger partial charge in [-0.05, 0) is 25.8 Å². The van der Waals surface area contributed by atoms with Crippen molar-refractivity contribution in [2.75, 3.05) is 6.61 Å². The first-order valence-corrected chi connectivity index (χ1v) is 7.46. The fourth-order valence-electron chi connectivity index (χ4n) is 2.93. The van der Waals surface area contributed by atoms with Crippen LogP contribution in [-0.4, -0.2) is 27.4 Å². The van der Waals surface area contributed by atoms with Crippen molar-refractivity contribution in [1.82, 2.24) is 15.5 Å². The summed E-state index contributed by atoms with van der Waals surface area (Å²) in [5, 5.41) is 17.0. The van der Waals surface area contributed by atoms with E-state index in [2.05, 4.69) is 15.5 Å². The van der Waals surface area contributed by atoms with Gasteiger partial charge in [0.25, 0.3) is 0 Å². The van der Waals surface area contributed by atoms with Gasteiger partial charge in [-0.15, -0.1) is 0 Å². The maximum atomic E-state index is 9.58. The largest absolute Gasteiger partial charge is 0.394 e. The molecule has 21 heavy (non-hydrogen) atoms. The maximum absolute atomic E-state index is 9.58. The molecule has 0 amide bonds. The highest BCUT2D eigenvalue weighted by Crippen LogP contribution is 2.29. The van der Waals surface area contributed by atoms with Crippen molar-refractivity contribution in [1.29, 1.82) is 0 Å². The van der Waals surface area contributed by atoms with E-state index in [-0.39, 0.29) is 12.1 Å². The van der Waals surface area contributed by atoms with Gasteiger partial charge in [-0.3, -0.25) is 0 Å². The Kier molecular flexibility index (Phi) is 4.03. The van der Waals surface area contributed by atoms with Crippen molar-refractivity contribution in [3.05, 3.63) is 35.7 Å². The highest BCUT2D eigenvalue weighted by atomic mass is 16.5. The number of aryl methyl sites for hydroxylation is 1. The molecule has 3 rings (SSSR count). The molecular weight excluding hydrogens is 266 g/mol. The summed E-state index contributed by atoms with van der Waals surface area (Å²) < 4.78 is 5.30. The van der Waals surface area contributed by atoms with Crippen LogP contribution in [0.15, 0.2) is 28.8 Å². The second-order valence-electron chi connectivity index (χ2n) is 5.88. The minimum Gasteiger partial charge on any atom is -0.394 e. The Morgan fingerprint density at radius 1 is 1.33 bits per heavy atom. The van der Waals surface area contributed by atoms with Gasteiger partial charge in [0.15, 0.2) is 0 Å². The third kappa shape index (κ3) is 3.14. The highest BCUT2D eigenvalue weighted by Gasteiger charge is 2.32. The summed E-state index contributed by atoms with van der Waals surface area (Å²) in [6, 6.07) is 8.03. The highest BCUT2D eigenvalue weighted by molar-refractivity contribution is 5.55. The molecule has 0 unspecified atom stereocenters. The summed E-state index contributed by atoms with van der Waals surface area (Å²) in [5.41, 5.74) is 1.96. The Labute approximate surface area is 124 Å². The summed E-state index contributed by atoms with van der Waals surface area (Å²) in [4.78, 5) is 4.43. The molecule has 1 saturated carbocycles. The van der Waals surface area contributed by atoms with Crippen LogP contribution in [-0.2, 0) is 6.54 Å². The Morgan fingerprint density at radius 3 is 2.86 bits per heavy atom. The summed E-state index contributed by atoms with van der Waals surface area (Å²) in [6.07, 6.45) is 4.32. The van der Waals surface area contributed by atoms with Crippen LogP contribution in [0.4, 0.5) is 0 Å². The van der Waals surface area contributed by atoms with Gasteiger partial charge in [-0.2, -0.15) is 4.98 Å². The van der Waals surface area contributed by atoms with Crippen LogP contribution < -0.4 is 5.32 Å². The van der Waals surface area contributed by atoms with E-state index in [0.717, 1.165) is 31.2 Å². The average molecular weight is 287 g/mol. The molecule has 1 aliphatic rings. The van der Waals surface area contributed by atoms with Crippen molar-refractivity contribution < 1.29 is 9.63 Å². The van der Waals surface area contributed by atoms with Gasteiger partial charge in [-0.25, -0.2) is 0 Å². The molecule has 0 radical (unpaired) electrons. The van der Waals surface area contributed by atoms with E-state index in [1.807, 2.05) is 31.2 Å². The summed E-state index contributed by atoms with van der Waals surface area (Å²) >= 11 is 0. The topological polar surface area (TPSA) is 71.2 Å². The molecular formula is C16H21N3O2. The van der Waals surface area contributed by atoms with Gasteiger partial charge in [-0.1, -0.05) is 41.8 Å². The van der Waals surface area contributed by atoms with Crippen LogP contribution in [0.25, 0.3) is 11.4 Å². The Bertz CT molecular complexity index is 603. The Hall–Kier alpha value is -1.72. The van der Waals surface area contributed by atoms with Gasteiger partial charge < -0.3 is 14.9 Å². The van der Waals surface area contributed by atoms with Crippen LogP contribution in [0.2, 0.25) is 0 Å². The van der Waals surface area contributed by atoms with Gasteiger partial charge in [0, 0.05) is 11.1 Å². The average Bonchev–Trinajstić information content (AvgIpc) is 3.15. The van der Waals surface area contributed by atoms with Crippen LogP contribution in [0.3, 0.4) is 0 Å². The predicted octanol–water partition coefficient (Wildman–Crippen LogP) is 2.44. The number of nitrogens with zero attached hydrogens (tertiary/aromatic N) is 2. The Balaban J connectivity index is 1.68. The van der Waals surface area contributed by atoms with E-state index in [4.69, 9.17) is 4.52 Å². The minimum absolute atomic E-state index is 0.159. The second-order valence-corrected chi connectivity index (χ2v) is 5.88. The molecule has 5 heteroatoms. The molecule has 0 saturated heterocycles. The van der Waals surface area contributed by atoms with E-state index < -0.39 is 0 Å². The van der Waals surface area contributed by atoms with Crippen LogP contribution in [0, 0.1) is 6.92 Å². The van der Waals surface area contributed by atoms with E-state index in [0.29, 0.717) is 18.3 Å². The summed E-state index contributed by atoms with van der Waals surface area (Å²) in [7, 11) is 0. The Morgan fingerprint density at radius 2 is 2.14 bits per heavy atom. The minimum atomic E-state index is -0.169. The van der Waals surface area contributed by atoms with Gasteiger partial charge >= 0.3 is 0 Å². The molecule has 1 aromatic carbocycles. The third-order valence-electron chi connectivity index (χ3n) is 4.22. The van der Waals surface area contributed by atoms with Crippen molar-refractivity contribution in [3.8, 4) is 11.4 Å². The van der Waals surface area contributed by atoms with E-state index in [1.165, 1.54) is 5.56 Å². The molecule has 1 heterocycles. The van der Waals surface area contributed by atoms with Crippen molar-refractivity contribution in [2.24, 2.45) is 0 Å². The molecule has 1 fully saturated rings. The summed E-state index contributed by atoms with van der Waals surface area (Å²) in [6.45, 7) is 2.70. The molecule has 0 atom stereocenters. The van der Waals surface area contributed by atoms with Crippen LogP contribution in [0.1, 0.15) is 37.1 Å². The second kappa shape index (κ2) is 5.95. The number of nitrogens with one attached hydrogen (secondary N) is 1. The van der Waals surface area contributed by atoms with Crippen LogP contribution in [0.5, 0.6) is 0 Å². The molecule has 0 bridgehead atoms. The van der Waals surface area contributed by atoms with Crippen LogP contribution >= 0.6 is 0 Å². The van der Waals surface area contributed by atoms with Crippen molar-refractivity contribution in [3.63, 3.8) is 0 Å². The number of benzene rings is 1. The monoisotopic (exact) mass is 287 g/mol. The smallest absolute Gasteiger partial charge is 0.240 e. The molecule has 2 N–H and O–H groups in total. The lowest BCUT2D eigenvalue weighted by molar-refractivity contribution is 0.158. The van der Waals surface area contributed by atoms with E-state index in [9.17, 15) is 5.11 Å². The number of aliphatic hydroxyl groups is 1. The zero-order valence-corrected chi connectivity index (χ0v) is 12.3. The number of rotatable bonds is 5. The zero-order chi connectivity index (χ0) is 14.7. The number of hydrogen-bond acceptors (Lipinski definition) is 5. The third-order valence-corrected chi connectivity index (χ3v) is 4.22. The van der Waals surface area contributed by atoms with E-state index >= 15 is 0 Å². The molecule has 1 aliphatic carbocycles. The number of aromatic nitrogens is 2. The lowest BCUT2D eigenvalue weighted by Gasteiger charge is -2.27. The summed E-state index contributed by atoms with van der Waals surface area (Å²) in [5.74, 6) is 1.17. The van der Waals surface area contributed by atoms with Gasteiger partial charge in [0.2, 0.25) is 11.7 Å². The first-order valence-electron chi connectivity index (χ1n) is 7.46. The maximum Gasteiger partial charge on any atom is 0.240 e. The lowest BCUT2D eigenvalue weighted by atomic mass is 9.99. The molecule has 2 aromatic rings. The number of hydrogen-bond donors (Lipinski definition) is 2. The SMILES string of the molecule is Cc1cccc(-c2noc(CNC3(CO)CCCC3)n2)c1. The number of aliphatic hydroxyl groups excluding tert-OH is 1. The molecule has 0 spiro atoms. The van der Waals surface area contributed by atoms with E-state index in [1.54, 1.807) is 0 Å². The van der Waals surface area contributed by atoms with Crippen molar-refractivity contribution in [2.45, 2.75) is 44.7 Å². The quantitative estimate of drug-likeness (QED) is 0.884. The lowest BCUT2D eigenvalue weighted by Crippen LogP contribution is -2.45. The molecule has 1 aromatic heterocycles. The predicted molar refractivity (Wildman–Crippen MR) is 79.6 cm³/mol. The fraction of sp³-hybridized carbons (Fsp3) is 0.500. The van der Waals surface area contributed by atoms with Gasteiger partial charge in [0.05, 0.1) is 13.2 Å². The normalized spacial score (nSPS) is 17.2. The first kappa shape index (κ1) is 14.2. The zero-order valence-electron chi connectivity index (χ0n) is 12.3. The fourth-order valence-corrected chi connectivity index (χ4v) is 2.93. The first-order chi connectivity index (χ1) is 10.2. The van der Waals surface area contributed by atoms with Crippen molar-refractivity contribution >= 4 is 0 Å².